The van der Waals surface area contributed by atoms with Gasteiger partial charge in [-0.25, -0.2) is 4.79 Å². The van der Waals surface area contributed by atoms with Crippen LogP contribution in [0, 0.1) is 5.41 Å². The molecule has 32 heavy (non-hydrogen) atoms. The second-order valence-electron chi connectivity index (χ2n) is 9.85. The number of amides is 2. The Kier molecular flexibility index (Phi) is 5.63. The van der Waals surface area contributed by atoms with Crippen LogP contribution in [-0.4, -0.2) is 52.8 Å². The smallest absolute Gasteiger partial charge is 0.417 e. The van der Waals surface area contributed by atoms with Crippen LogP contribution in [0.15, 0.2) is 12.3 Å². The number of nitrogens with one attached hydrogen (secondary N) is 1. The lowest BCUT2D eigenvalue weighted by atomic mass is 9.80. The maximum atomic E-state index is 13.6. The van der Waals surface area contributed by atoms with E-state index in [1.54, 1.807) is 25.7 Å². The number of nitrogens with zero attached hydrogens (tertiary/aromatic N) is 2. The van der Waals surface area contributed by atoms with E-state index >= 15 is 0 Å². The summed E-state index contributed by atoms with van der Waals surface area (Å²) >= 11 is 0. The maximum Gasteiger partial charge on any atom is 0.417 e. The molecule has 1 unspecified atom stereocenters. The van der Waals surface area contributed by atoms with Crippen molar-refractivity contribution in [1.82, 2.24) is 15.2 Å². The molecule has 1 aromatic heterocycles. The molecule has 0 radical (unpaired) electrons. The Morgan fingerprint density at radius 3 is 2.75 bits per heavy atom. The van der Waals surface area contributed by atoms with E-state index in [2.05, 4.69) is 10.3 Å². The van der Waals surface area contributed by atoms with Gasteiger partial charge in [0.2, 0.25) is 5.91 Å². The van der Waals surface area contributed by atoms with Crippen molar-refractivity contribution in [3.05, 3.63) is 29.1 Å². The summed E-state index contributed by atoms with van der Waals surface area (Å²) < 4.78 is 50.5. The van der Waals surface area contributed by atoms with Gasteiger partial charge in [0.1, 0.15) is 5.60 Å². The van der Waals surface area contributed by atoms with E-state index in [4.69, 9.17) is 9.47 Å². The van der Waals surface area contributed by atoms with Crippen molar-refractivity contribution >= 4 is 12.0 Å². The summed E-state index contributed by atoms with van der Waals surface area (Å²) in [5.41, 5.74) is -1.21. The summed E-state index contributed by atoms with van der Waals surface area (Å²) in [6.45, 7) is 6.25. The SMILES string of the molecule is CC(C)(C)OC(=O)N[C@@H]1C[C@H]2OCCC2(C(=O)N2CCc3ncc(C(F)(F)F)cc3C2)C1. The molecule has 1 aliphatic carbocycles. The first-order chi connectivity index (χ1) is 14.9. The predicted molar refractivity (Wildman–Crippen MR) is 108 cm³/mol. The number of ether oxygens (including phenoxy) is 2. The van der Waals surface area contributed by atoms with Gasteiger partial charge in [0.05, 0.1) is 17.1 Å². The average molecular weight is 455 g/mol. The minimum absolute atomic E-state index is 0.0870. The van der Waals surface area contributed by atoms with Gasteiger partial charge >= 0.3 is 12.3 Å². The van der Waals surface area contributed by atoms with Crippen molar-refractivity contribution in [1.29, 1.82) is 0 Å². The fraction of sp³-hybridized carbons (Fsp3) is 0.682. The third-order valence-electron chi connectivity index (χ3n) is 6.39. The highest BCUT2D eigenvalue weighted by Crippen LogP contribution is 2.49. The van der Waals surface area contributed by atoms with Crippen molar-refractivity contribution in [2.45, 2.75) is 76.9 Å². The molecule has 2 fully saturated rings. The van der Waals surface area contributed by atoms with Crippen LogP contribution in [0.3, 0.4) is 0 Å². The predicted octanol–water partition coefficient (Wildman–Crippen LogP) is 3.45. The topological polar surface area (TPSA) is 80.8 Å². The van der Waals surface area contributed by atoms with Gasteiger partial charge in [-0.05, 0) is 51.7 Å². The largest absolute Gasteiger partial charge is 0.444 e. The zero-order chi connectivity index (χ0) is 23.3. The Labute approximate surface area is 184 Å². The van der Waals surface area contributed by atoms with E-state index in [0.29, 0.717) is 50.1 Å². The van der Waals surface area contributed by atoms with E-state index in [0.717, 1.165) is 12.3 Å². The molecule has 1 saturated carbocycles. The van der Waals surface area contributed by atoms with Crippen LogP contribution in [0.2, 0.25) is 0 Å². The van der Waals surface area contributed by atoms with E-state index in [1.165, 1.54) is 0 Å². The van der Waals surface area contributed by atoms with Crippen LogP contribution in [0.5, 0.6) is 0 Å². The van der Waals surface area contributed by atoms with Crippen LogP contribution in [-0.2, 0) is 33.4 Å². The molecule has 10 heteroatoms. The van der Waals surface area contributed by atoms with Crippen molar-refractivity contribution in [3.8, 4) is 0 Å². The van der Waals surface area contributed by atoms with Gasteiger partial charge in [-0.1, -0.05) is 0 Å². The highest BCUT2D eigenvalue weighted by Gasteiger charge is 2.58. The minimum Gasteiger partial charge on any atom is -0.444 e. The molecule has 176 valence electrons. The first kappa shape index (κ1) is 22.8. The number of fused-ring (bicyclic) bond motifs is 2. The summed E-state index contributed by atoms with van der Waals surface area (Å²) in [5.74, 6) is -0.128. The number of hydrogen-bond donors (Lipinski definition) is 1. The number of alkyl carbamates (subject to hydrolysis) is 1. The molecule has 3 atom stereocenters. The van der Waals surface area contributed by atoms with Crippen LogP contribution >= 0.6 is 0 Å². The van der Waals surface area contributed by atoms with Crippen LogP contribution in [0.1, 0.15) is 56.9 Å². The fourth-order valence-corrected chi connectivity index (χ4v) is 5.00. The first-order valence-corrected chi connectivity index (χ1v) is 10.8. The third kappa shape index (κ3) is 4.42. The fourth-order valence-electron chi connectivity index (χ4n) is 5.00. The van der Waals surface area contributed by atoms with Gasteiger partial charge in [0, 0.05) is 44.0 Å². The summed E-state index contributed by atoms with van der Waals surface area (Å²) in [6.07, 6.45) is -2.68. The van der Waals surface area contributed by atoms with Crippen LogP contribution in [0.25, 0.3) is 0 Å². The number of carbonyl (C=O) groups excluding carboxylic acids is 2. The van der Waals surface area contributed by atoms with Crippen molar-refractivity contribution < 1.29 is 32.2 Å². The molecule has 0 bridgehead atoms. The highest BCUT2D eigenvalue weighted by atomic mass is 19.4. The molecule has 1 N–H and O–H groups in total. The van der Waals surface area contributed by atoms with Crippen molar-refractivity contribution in [2.24, 2.45) is 5.41 Å². The van der Waals surface area contributed by atoms with Crippen LogP contribution in [0.4, 0.5) is 18.0 Å². The Balaban J connectivity index is 1.48. The van der Waals surface area contributed by atoms with Gasteiger partial charge in [-0.2, -0.15) is 13.2 Å². The second kappa shape index (κ2) is 7.90. The summed E-state index contributed by atoms with van der Waals surface area (Å²) in [5, 5.41) is 2.84. The standard InChI is InChI=1S/C22H28F3N3O4/c1-20(2,3)32-19(30)27-15-9-17-21(10-15,5-7-31-17)18(29)28-6-4-16-13(12-28)8-14(11-26-16)22(23,24)25/h8,11,15,17H,4-7,9-10,12H2,1-3H3,(H,27,30)/t15-,17-,21?/m1/s1. The van der Waals surface area contributed by atoms with Gasteiger partial charge in [-0.3, -0.25) is 9.78 Å². The number of halogens is 3. The summed E-state index contributed by atoms with van der Waals surface area (Å²) in [6, 6.07) is 0.818. The first-order valence-electron chi connectivity index (χ1n) is 10.8. The van der Waals surface area contributed by atoms with E-state index in [9.17, 15) is 22.8 Å². The normalized spacial score (nSPS) is 27.6. The third-order valence-corrected chi connectivity index (χ3v) is 6.39. The molecular weight excluding hydrogens is 427 g/mol. The number of hydrogen-bond acceptors (Lipinski definition) is 5. The zero-order valence-electron chi connectivity index (χ0n) is 18.4. The molecular formula is C22H28F3N3O4. The van der Waals surface area contributed by atoms with Gasteiger partial charge < -0.3 is 19.7 Å². The number of carbonyl (C=O) groups is 2. The van der Waals surface area contributed by atoms with Gasteiger partial charge in [0.25, 0.3) is 0 Å². The molecule has 1 saturated heterocycles. The lowest BCUT2D eigenvalue weighted by molar-refractivity contribution is -0.145. The monoisotopic (exact) mass is 455 g/mol. The second-order valence-corrected chi connectivity index (χ2v) is 9.85. The molecule has 0 aromatic carbocycles. The number of alkyl halides is 3. The summed E-state index contributed by atoms with van der Waals surface area (Å²) in [4.78, 5) is 31.4. The van der Waals surface area contributed by atoms with Gasteiger partial charge in [0.15, 0.2) is 0 Å². The van der Waals surface area contributed by atoms with Crippen molar-refractivity contribution in [2.75, 3.05) is 13.2 Å². The van der Waals surface area contributed by atoms with E-state index < -0.39 is 28.8 Å². The molecule has 1 aromatic rings. The lowest BCUT2D eigenvalue weighted by Gasteiger charge is -2.36. The molecule has 3 aliphatic rings. The van der Waals surface area contributed by atoms with Gasteiger partial charge in [-0.15, -0.1) is 0 Å². The maximum absolute atomic E-state index is 13.6. The Morgan fingerprint density at radius 1 is 1.31 bits per heavy atom. The number of rotatable bonds is 2. The van der Waals surface area contributed by atoms with Crippen molar-refractivity contribution in [3.63, 3.8) is 0 Å². The Hall–Kier alpha value is -2.36. The molecule has 2 aliphatic heterocycles. The Bertz CT molecular complexity index is 915. The molecule has 3 heterocycles. The van der Waals surface area contributed by atoms with Crippen LogP contribution < -0.4 is 5.32 Å². The summed E-state index contributed by atoms with van der Waals surface area (Å²) in [7, 11) is 0. The highest BCUT2D eigenvalue weighted by molar-refractivity contribution is 5.85. The molecule has 7 nitrogen and oxygen atoms in total. The van der Waals surface area contributed by atoms with E-state index in [-0.39, 0.29) is 24.6 Å². The number of pyridine rings is 1. The average Bonchev–Trinajstić information content (AvgIpc) is 3.22. The zero-order valence-corrected chi connectivity index (χ0v) is 18.4. The quantitative estimate of drug-likeness (QED) is 0.739. The molecule has 4 rings (SSSR count). The van der Waals surface area contributed by atoms with E-state index in [1.807, 2.05) is 0 Å². The minimum atomic E-state index is -4.48. The molecule has 2 amide bonds. The Morgan fingerprint density at radius 2 is 2.06 bits per heavy atom. The number of aromatic nitrogens is 1. The molecule has 0 spiro atoms. The lowest BCUT2D eigenvalue weighted by Crippen LogP contribution is -2.48.